The number of carbonyl (C=O) groups excluding carboxylic acids is 1. The lowest BCUT2D eigenvalue weighted by Gasteiger charge is -2.22. The fourth-order valence-corrected chi connectivity index (χ4v) is 2.69. The van der Waals surface area contributed by atoms with Crippen LogP contribution >= 0.6 is 0 Å². The first-order valence-corrected chi connectivity index (χ1v) is 9.95. The molecule has 0 aliphatic rings. The Kier molecular flexibility index (Phi) is 7.05. The zero-order valence-corrected chi connectivity index (χ0v) is 15.6. The van der Waals surface area contributed by atoms with E-state index in [-0.39, 0.29) is 24.7 Å². The van der Waals surface area contributed by atoms with E-state index in [0.717, 1.165) is 18.1 Å². The van der Waals surface area contributed by atoms with Gasteiger partial charge in [-0.05, 0) is 24.1 Å². The molecule has 0 spiro atoms. The van der Waals surface area contributed by atoms with Crippen molar-refractivity contribution < 1.29 is 27.8 Å². The lowest BCUT2D eigenvalue weighted by Crippen LogP contribution is -2.42. The Morgan fingerprint density at radius 2 is 2.04 bits per heavy atom. The van der Waals surface area contributed by atoms with Gasteiger partial charge in [-0.25, -0.2) is 13.1 Å². The largest absolute Gasteiger partial charge is 0.431 e. The summed E-state index contributed by atoms with van der Waals surface area (Å²) < 4.78 is 29.0. The van der Waals surface area contributed by atoms with Crippen molar-refractivity contribution in [3.05, 3.63) is 42.0 Å². The van der Waals surface area contributed by atoms with Gasteiger partial charge in [0.05, 0.1) is 30.5 Å². The van der Waals surface area contributed by atoms with Crippen molar-refractivity contribution in [2.75, 3.05) is 17.5 Å². The van der Waals surface area contributed by atoms with E-state index in [9.17, 15) is 28.7 Å². The highest BCUT2D eigenvalue weighted by atomic mass is 32.2. The van der Waals surface area contributed by atoms with Crippen molar-refractivity contribution in [1.82, 2.24) is 15.3 Å². The number of sulfonamides is 1. The number of nitrogens with one attached hydrogen (secondary N) is 2. The molecule has 4 N–H and O–H groups in total. The van der Waals surface area contributed by atoms with Crippen LogP contribution in [0.2, 0.25) is 0 Å². The Morgan fingerprint density at radius 1 is 1.36 bits per heavy atom. The lowest BCUT2D eigenvalue weighted by molar-refractivity contribution is -0.00204. The van der Waals surface area contributed by atoms with Gasteiger partial charge >= 0.3 is 6.01 Å². The quantitative estimate of drug-likeness (QED) is 0.415. The average molecular weight is 409 g/mol. The summed E-state index contributed by atoms with van der Waals surface area (Å²) in [6.07, 6.45) is 2.33. The number of aliphatic hydroxyl groups excluding tert-OH is 2. The van der Waals surface area contributed by atoms with E-state index in [0.29, 0.717) is 0 Å². The minimum atomic E-state index is -3.61. The molecule has 3 unspecified atom stereocenters. The van der Waals surface area contributed by atoms with Crippen molar-refractivity contribution in [1.29, 1.82) is 5.26 Å². The van der Waals surface area contributed by atoms with E-state index >= 15 is 0 Å². The third-order valence-corrected chi connectivity index (χ3v) is 4.20. The highest BCUT2D eigenvalue weighted by Crippen LogP contribution is 2.14. The number of nitrogens with zero attached hydrogens (tertiary/aromatic N) is 3. The Labute approximate surface area is 161 Å². The van der Waals surface area contributed by atoms with E-state index in [1.165, 1.54) is 0 Å². The highest BCUT2D eigenvalue weighted by molar-refractivity contribution is 7.91. The molecular weight excluding hydrogens is 390 g/mol. The Balaban J connectivity index is 1.90. The van der Waals surface area contributed by atoms with Crippen LogP contribution in [0, 0.1) is 17.2 Å². The van der Waals surface area contributed by atoms with Crippen LogP contribution in [-0.4, -0.2) is 59.5 Å². The molecule has 28 heavy (non-hydrogen) atoms. The molecule has 3 atom stereocenters. The Bertz CT molecular complexity index is 940. The smallest absolute Gasteiger partial charge is 0.309 e. The summed E-state index contributed by atoms with van der Waals surface area (Å²) in [5.74, 6) is -1.65. The van der Waals surface area contributed by atoms with Crippen LogP contribution in [0.15, 0.2) is 35.2 Å². The summed E-state index contributed by atoms with van der Waals surface area (Å²) in [5, 5.41) is 31.9. The number of pyridine rings is 1. The van der Waals surface area contributed by atoms with Crippen LogP contribution in [0.3, 0.4) is 0 Å². The van der Waals surface area contributed by atoms with Gasteiger partial charge in [0.1, 0.15) is 6.26 Å². The zero-order valence-electron chi connectivity index (χ0n) is 14.8. The normalized spacial score (nSPS) is 14.5. The number of hydrogen-bond acceptors (Lipinski definition) is 9. The molecule has 0 aromatic carbocycles. The maximum Gasteiger partial charge on any atom is 0.309 e. The predicted octanol–water partition coefficient (Wildman–Crippen LogP) is -0.725. The third-order valence-electron chi connectivity index (χ3n) is 3.66. The molecule has 0 aliphatic carbocycles. The first kappa shape index (κ1) is 21.3. The van der Waals surface area contributed by atoms with Gasteiger partial charge in [-0.1, -0.05) is 0 Å². The summed E-state index contributed by atoms with van der Waals surface area (Å²) in [6, 6.07) is 4.95. The van der Waals surface area contributed by atoms with E-state index in [1.54, 1.807) is 24.5 Å². The minimum Gasteiger partial charge on any atom is -0.431 e. The number of oxazole rings is 1. The van der Waals surface area contributed by atoms with Crippen molar-refractivity contribution in [2.24, 2.45) is 5.92 Å². The third kappa shape index (κ3) is 6.31. The number of nitriles is 1. The number of aromatic nitrogens is 2. The lowest BCUT2D eigenvalue weighted by atomic mass is 9.92. The molecule has 0 saturated carbocycles. The van der Waals surface area contributed by atoms with Gasteiger partial charge in [-0.3, -0.25) is 9.78 Å². The maximum absolute atomic E-state index is 12.0. The number of aliphatic hydroxyl groups is 2. The summed E-state index contributed by atoms with van der Waals surface area (Å²) in [6.45, 7) is -0.351. The van der Waals surface area contributed by atoms with Crippen LogP contribution in [0.4, 0.5) is 6.01 Å². The number of carbonyl (C=O) groups is 1. The molecule has 2 rings (SSSR count). The molecule has 2 aromatic rings. The SMILES string of the molecule is CS(=O)(=O)Nc1nc(C(=O)NCC(O)C(O)C(C#N)Cc2ccncc2)co1. The number of rotatable bonds is 9. The van der Waals surface area contributed by atoms with Crippen LogP contribution in [0.1, 0.15) is 16.1 Å². The second kappa shape index (κ2) is 9.27. The first-order valence-electron chi connectivity index (χ1n) is 8.05. The average Bonchev–Trinajstić information content (AvgIpc) is 3.10. The number of hydrogen-bond donors (Lipinski definition) is 4. The van der Waals surface area contributed by atoms with Gasteiger partial charge in [0.2, 0.25) is 10.0 Å². The van der Waals surface area contributed by atoms with Gasteiger partial charge in [0.15, 0.2) is 5.69 Å². The molecule has 0 saturated heterocycles. The van der Waals surface area contributed by atoms with Crippen molar-refractivity contribution in [3.8, 4) is 6.07 Å². The van der Waals surface area contributed by atoms with Gasteiger partial charge in [-0.2, -0.15) is 10.2 Å². The monoisotopic (exact) mass is 409 g/mol. The maximum atomic E-state index is 12.0. The molecule has 11 nitrogen and oxygen atoms in total. The van der Waals surface area contributed by atoms with Crippen LogP contribution in [-0.2, 0) is 16.4 Å². The molecule has 0 fully saturated rings. The zero-order chi connectivity index (χ0) is 20.7. The molecule has 1 amide bonds. The predicted molar refractivity (Wildman–Crippen MR) is 96.4 cm³/mol. The van der Waals surface area contributed by atoms with Crippen LogP contribution < -0.4 is 10.0 Å². The molecule has 0 bridgehead atoms. The molecule has 150 valence electrons. The van der Waals surface area contributed by atoms with Crippen molar-refractivity contribution in [2.45, 2.75) is 18.6 Å². The number of anilines is 1. The molecule has 12 heteroatoms. The Hall–Kier alpha value is -3.01. The van der Waals surface area contributed by atoms with Gasteiger partial charge in [0.25, 0.3) is 5.91 Å². The van der Waals surface area contributed by atoms with Gasteiger partial charge in [-0.15, -0.1) is 0 Å². The first-order chi connectivity index (χ1) is 13.2. The second-order valence-corrected chi connectivity index (χ2v) is 7.72. The van der Waals surface area contributed by atoms with E-state index < -0.39 is 34.1 Å². The number of amides is 1. The van der Waals surface area contributed by atoms with Crippen LogP contribution in [0.25, 0.3) is 0 Å². The molecule has 0 radical (unpaired) electrons. The fraction of sp³-hybridized carbons (Fsp3) is 0.375. The minimum absolute atomic E-state index is 0.203. The molecule has 0 aliphatic heterocycles. The highest BCUT2D eigenvalue weighted by Gasteiger charge is 2.27. The molecule has 2 aromatic heterocycles. The van der Waals surface area contributed by atoms with Gasteiger partial charge < -0.3 is 19.9 Å². The van der Waals surface area contributed by atoms with E-state index in [2.05, 4.69) is 15.3 Å². The van der Waals surface area contributed by atoms with E-state index in [1.807, 2.05) is 10.8 Å². The van der Waals surface area contributed by atoms with Crippen molar-refractivity contribution in [3.63, 3.8) is 0 Å². The Morgan fingerprint density at radius 3 is 2.64 bits per heavy atom. The van der Waals surface area contributed by atoms with Gasteiger partial charge in [0, 0.05) is 18.9 Å². The van der Waals surface area contributed by atoms with Crippen molar-refractivity contribution >= 4 is 21.9 Å². The topological polar surface area (TPSA) is 178 Å². The summed E-state index contributed by atoms with van der Waals surface area (Å²) in [7, 11) is -3.61. The molecular formula is C16H19N5O6S. The standard InChI is InChI=1S/C16H19N5O6S/c1-28(25,26)21-16-20-12(9-27-16)15(24)19-8-13(22)14(23)11(7-17)6-10-2-4-18-5-3-10/h2-5,9,11,13-14,22-23H,6,8H2,1H3,(H,19,24)(H,20,21). The second-order valence-electron chi connectivity index (χ2n) is 5.98. The summed E-state index contributed by atoms with van der Waals surface area (Å²) in [4.78, 5) is 19.5. The fourth-order valence-electron chi connectivity index (χ4n) is 2.28. The summed E-state index contributed by atoms with van der Waals surface area (Å²) in [5.41, 5.74) is 0.548. The molecule has 2 heterocycles. The summed E-state index contributed by atoms with van der Waals surface area (Å²) >= 11 is 0. The van der Waals surface area contributed by atoms with E-state index in [4.69, 9.17) is 4.42 Å². The van der Waals surface area contributed by atoms with Crippen LogP contribution in [0.5, 0.6) is 0 Å².